The van der Waals surface area contributed by atoms with Gasteiger partial charge >= 0.3 is 0 Å². The van der Waals surface area contributed by atoms with Crippen molar-refractivity contribution < 1.29 is 8.42 Å². The first-order valence-electron chi connectivity index (χ1n) is 6.77. The smallest absolute Gasteiger partial charge is 0.261 e. The molecule has 1 heterocycles. The summed E-state index contributed by atoms with van der Waals surface area (Å²) in [7, 11) is -3.72. The van der Waals surface area contributed by atoms with Gasteiger partial charge in [-0.2, -0.15) is 0 Å². The van der Waals surface area contributed by atoms with Gasteiger partial charge in [-0.3, -0.25) is 9.52 Å². The number of benzene rings is 2. The van der Waals surface area contributed by atoms with Gasteiger partial charge in [0.2, 0.25) is 0 Å². The van der Waals surface area contributed by atoms with Crippen molar-refractivity contribution in [3.05, 3.63) is 69.6 Å². The second kappa shape index (κ2) is 5.72. The molecule has 0 radical (unpaired) electrons. The number of hydrogen-bond acceptors (Lipinski definition) is 3. The van der Waals surface area contributed by atoms with Crippen molar-refractivity contribution in [2.45, 2.75) is 11.8 Å². The van der Waals surface area contributed by atoms with Crippen molar-refractivity contribution in [3.8, 4) is 0 Å². The summed E-state index contributed by atoms with van der Waals surface area (Å²) >= 11 is 6.02. The van der Waals surface area contributed by atoms with Gasteiger partial charge in [0.1, 0.15) is 0 Å². The molecule has 2 N–H and O–H groups in total. The van der Waals surface area contributed by atoms with Crippen molar-refractivity contribution in [1.82, 2.24) is 4.98 Å². The van der Waals surface area contributed by atoms with Crippen LogP contribution in [0, 0.1) is 6.92 Å². The van der Waals surface area contributed by atoms with E-state index in [0.717, 1.165) is 5.56 Å². The first-order valence-corrected chi connectivity index (χ1v) is 8.63. The second-order valence-electron chi connectivity index (χ2n) is 5.14. The van der Waals surface area contributed by atoms with E-state index in [1.165, 1.54) is 24.4 Å². The molecule has 2 aromatic carbocycles. The average Bonchev–Trinajstić information content (AvgIpc) is 2.51. The number of anilines is 1. The van der Waals surface area contributed by atoms with Crippen LogP contribution in [0.5, 0.6) is 0 Å². The maximum Gasteiger partial charge on any atom is 0.261 e. The molecular weight excluding hydrogens is 336 g/mol. The molecule has 7 heteroatoms. The molecule has 0 atom stereocenters. The van der Waals surface area contributed by atoms with Crippen molar-refractivity contribution in [1.29, 1.82) is 0 Å². The van der Waals surface area contributed by atoms with Gasteiger partial charge < -0.3 is 4.98 Å². The van der Waals surface area contributed by atoms with Crippen LogP contribution in [0.15, 0.2) is 58.4 Å². The fourth-order valence-electron chi connectivity index (χ4n) is 2.22. The highest BCUT2D eigenvalue weighted by Gasteiger charge is 2.14. The number of pyridine rings is 1. The zero-order valence-electron chi connectivity index (χ0n) is 12.1. The lowest BCUT2D eigenvalue weighted by Crippen LogP contribution is -2.13. The predicted molar refractivity (Wildman–Crippen MR) is 91.6 cm³/mol. The molecule has 5 nitrogen and oxygen atoms in total. The van der Waals surface area contributed by atoms with E-state index in [2.05, 4.69) is 9.71 Å². The van der Waals surface area contributed by atoms with Crippen LogP contribution in [0.1, 0.15) is 5.56 Å². The van der Waals surface area contributed by atoms with Gasteiger partial charge in [-0.1, -0.05) is 35.4 Å². The molecule has 0 fully saturated rings. The third kappa shape index (κ3) is 3.09. The maximum absolute atomic E-state index is 12.4. The third-order valence-corrected chi connectivity index (χ3v) is 5.14. The van der Waals surface area contributed by atoms with Crippen molar-refractivity contribution in [2.75, 3.05) is 4.72 Å². The normalized spacial score (nSPS) is 11.6. The van der Waals surface area contributed by atoms with Gasteiger partial charge in [-0.15, -0.1) is 0 Å². The number of H-pyrrole nitrogens is 1. The standard InChI is InChI=1S/C16H13ClN2O3S/c1-10-2-5-12(6-3-10)23(21,22)19-11-4-7-13-14(8-11)16(20)18-9-15(13)17/h2-9,19H,1H3,(H,18,20). The van der Waals surface area contributed by atoms with Crippen LogP contribution in [0.4, 0.5) is 5.69 Å². The summed E-state index contributed by atoms with van der Waals surface area (Å²) in [6.07, 6.45) is 1.41. The minimum Gasteiger partial charge on any atom is -0.327 e. The van der Waals surface area contributed by atoms with Crippen LogP contribution < -0.4 is 10.3 Å². The Kier molecular flexibility index (Phi) is 3.87. The van der Waals surface area contributed by atoms with E-state index in [1.54, 1.807) is 24.3 Å². The highest BCUT2D eigenvalue weighted by molar-refractivity contribution is 7.92. The molecule has 0 unspecified atom stereocenters. The Labute approximate surface area is 138 Å². The minimum atomic E-state index is -3.72. The Morgan fingerprint density at radius 3 is 2.43 bits per heavy atom. The summed E-state index contributed by atoms with van der Waals surface area (Å²) in [5.74, 6) is 0. The van der Waals surface area contributed by atoms with E-state index in [0.29, 0.717) is 21.5 Å². The molecule has 3 aromatic rings. The van der Waals surface area contributed by atoms with Gasteiger partial charge in [0.25, 0.3) is 15.6 Å². The highest BCUT2D eigenvalue weighted by Crippen LogP contribution is 2.24. The Hall–Kier alpha value is -2.31. The van der Waals surface area contributed by atoms with Gasteiger partial charge in [-0.05, 0) is 31.2 Å². The molecule has 0 aliphatic carbocycles. The molecule has 0 amide bonds. The van der Waals surface area contributed by atoms with E-state index in [-0.39, 0.29) is 10.5 Å². The third-order valence-electron chi connectivity index (χ3n) is 3.43. The Bertz CT molecular complexity index is 1040. The molecule has 1 aromatic heterocycles. The second-order valence-corrected chi connectivity index (χ2v) is 7.23. The fraction of sp³-hybridized carbons (Fsp3) is 0.0625. The largest absolute Gasteiger partial charge is 0.327 e. The lowest BCUT2D eigenvalue weighted by Gasteiger charge is -2.09. The first-order chi connectivity index (χ1) is 10.9. The van der Waals surface area contributed by atoms with E-state index >= 15 is 0 Å². The lowest BCUT2D eigenvalue weighted by atomic mass is 10.1. The van der Waals surface area contributed by atoms with E-state index in [9.17, 15) is 13.2 Å². The van der Waals surface area contributed by atoms with Crippen LogP contribution in [-0.4, -0.2) is 13.4 Å². The molecule has 0 aliphatic rings. The van der Waals surface area contributed by atoms with Crippen LogP contribution in [-0.2, 0) is 10.0 Å². The maximum atomic E-state index is 12.4. The zero-order valence-corrected chi connectivity index (χ0v) is 13.7. The Morgan fingerprint density at radius 1 is 1.04 bits per heavy atom. The number of sulfonamides is 1. The van der Waals surface area contributed by atoms with Crippen LogP contribution in [0.2, 0.25) is 5.02 Å². The molecule has 0 aliphatic heterocycles. The summed E-state index contributed by atoms with van der Waals surface area (Å²) in [4.78, 5) is 14.5. The number of hydrogen-bond donors (Lipinski definition) is 2. The summed E-state index contributed by atoms with van der Waals surface area (Å²) < 4.78 is 27.2. The predicted octanol–water partition coefficient (Wildman–Crippen LogP) is 3.29. The van der Waals surface area contributed by atoms with E-state index < -0.39 is 10.0 Å². The minimum absolute atomic E-state index is 0.156. The quantitative estimate of drug-likeness (QED) is 0.762. The van der Waals surface area contributed by atoms with Crippen molar-refractivity contribution in [2.24, 2.45) is 0 Å². The molecule has 3 rings (SSSR count). The fourth-order valence-corrected chi connectivity index (χ4v) is 3.49. The van der Waals surface area contributed by atoms with Crippen LogP contribution >= 0.6 is 11.6 Å². The monoisotopic (exact) mass is 348 g/mol. The number of rotatable bonds is 3. The molecule has 0 saturated carbocycles. The van der Waals surface area contributed by atoms with Crippen LogP contribution in [0.25, 0.3) is 10.8 Å². The summed E-state index contributed by atoms with van der Waals surface area (Å²) in [6.45, 7) is 1.88. The summed E-state index contributed by atoms with van der Waals surface area (Å²) in [5.41, 5.74) is 0.933. The molecule has 118 valence electrons. The Balaban J connectivity index is 2.03. The summed E-state index contributed by atoms with van der Waals surface area (Å²) in [5, 5.41) is 1.28. The first kappa shape index (κ1) is 15.6. The molecule has 0 bridgehead atoms. The van der Waals surface area contributed by atoms with Crippen LogP contribution in [0.3, 0.4) is 0 Å². The van der Waals surface area contributed by atoms with Gasteiger partial charge in [0, 0.05) is 17.3 Å². The zero-order chi connectivity index (χ0) is 16.6. The van der Waals surface area contributed by atoms with Crippen molar-refractivity contribution >= 4 is 38.1 Å². The highest BCUT2D eigenvalue weighted by atomic mass is 35.5. The van der Waals surface area contributed by atoms with Gasteiger partial charge in [0.15, 0.2) is 0 Å². The number of aromatic amines is 1. The van der Waals surface area contributed by atoms with E-state index in [1.807, 2.05) is 6.92 Å². The molecule has 23 heavy (non-hydrogen) atoms. The van der Waals surface area contributed by atoms with E-state index in [4.69, 9.17) is 11.6 Å². The number of aryl methyl sites for hydroxylation is 1. The molecular formula is C16H13ClN2O3S. The SMILES string of the molecule is Cc1ccc(S(=O)(=O)Nc2ccc3c(Cl)c[nH]c(=O)c3c2)cc1. The molecule has 0 saturated heterocycles. The number of nitrogens with one attached hydrogen (secondary N) is 2. The summed E-state index contributed by atoms with van der Waals surface area (Å²) in [6, 6.07) is 11.1. The number of fused-ring (bicyclic) bond motifs is 1. The number of halogens is 1. The lowest BCUT2D eigenvalue weighted by molar-refractivity contribution is 0.601. The number of aromatic nitrogens is 1. The Morgan fingerprint density at radius 2 is 1.74 bits per heavy atom. The van der Waals surface area contributed by atoms with Gasteiger partial charge in [-0.25, -0.2) is 8.42 Å². The molecule has 0 spiro atoms. The van der Waals surface area contributed by atoms with Crippen molar-refractivity contribution in [3.63, 3.8) is 0 Å². The van der Waals surface area contributed by atoms with Gasteiger partial charge in [0.05, 0.1) is 15.3 Å². The topological polar surface area (TPSA) is 79.0 Å². The average molecular weight is 349 g/mol.